The molecule has 5 N–H and O–H groups in total. The minimum Gasteiger partial charge on any atom is -0.508 e. The summed E-state index contributed by atoms with van der Waals surface area (Å²) in [5, 5.41) is 27.1. The monoisotopic (exact) mass is 461 g/mol. The zero-order valence-electron chi connectivity index (χ0n) is 18.5. The molecule has 0 amide bonds. The van der Waals surface area contributed by atoms with Gasteiger partial charge in [0.15, 0.2) is 5.82 Å². The predicted octanol–water partition coefficient (Wildman–Crippen LogP) is 2.75. The van der Waals surface area contributed by atoms with E-state index in [9.17, 15) is 29.4 Å². The minimum absolute atomic E-state index is 0.00174. The van der Waals surface area contributed by atoms with Crippen LogP contribution < -0.4 is 11.0 Å². The van der Waals surface area contributed by atoms with Gasteiger partial charge in [-0.2, -0.15) is 5.10 Å². The van der Waals surface area contributed by atoms with Crippen LogP contribution in [0.1, 0.15) is 55.9 Å². The van der Waals surface area contributed by atoms with Crippen molar-refractivity contribution < 1.29 is 24.6 Å². The maximum atomic E-state index is 12.6. The molecule has 0 fully saturated rings. The summed E-state index contributed by atoms with van der Waals surface area (Å²) in [5.41, 5.74) is 2.49. The van der Waals surface area contributed by atoms with E-state index in [1.54, 1.807) is 12.1 Å². The molecule has 0 aliphatic heterocycles. The summed E-state index contributed by atoms with van der Waals surface area (Å²) < 4.78 is 13.3. The van der Waals surface area contributed by atoms with Gasteiger partial charge in [-0.05, 0) is 53.1 Å². The van der Waals surface area contributed by atoms with Crippen LogP contribution in [-0.4, -0.2) is 34.8 Å². The third-order valence-corrected chi connectivity index (χ3v) is 6.67. The van der Waals surface area contributed by atoms with Crippen molar-refractivity contribution in [3.63, 3.8) is 0 Å². The lowest BCUT2D eigenvalue weighted by molar-refractivity contribution is 0.387. The Balaban J connectivity index is 2.17. The fraction of sp³-hybridized carbons (Fsp3) is 0.364. The van der Waals surface area contributed by atoms with Crippen LogP contribution in [0.2, 0.25) is 0 Å². The van der Waals surface area contributed by atoms with Crippen molar-refractivity contribution in [2.24, 2.45) is 0 Å². The zero-order valence-corrected chi connectivity index (χ0v) is 19.3. The number of hydrogen-bond acceptors (Lipinski definition) is 5. The van der Waals surface area contributed by atoms with Crippen LogP contribution in [0.4, 0.5) is 0 Å². The van der Waals surface area contributed by atoms with E-state index in [2.05, 4.69) is 10.2 Å². The van der Waals surface area contributed by atoms with E-state index in [1.165, 1.54) is 16.7 Å². The van der Waals surface area contributed by atoms with Crippen LogP contribution in [0.25, 0.3) is 11.4 Å². The van der Waals surface area contributed by atoms with Crippen LogP contribution in [0.15, 0.2) is 29.1 Å². The van der Waals surface area contributed by atoms with Gasteiger partial charge in [-0.1, -0.05) is 33.8 Å². The molecule has 0 saturated carbocycles. The smallest absolute Gasteiger partial charge is 0.356 e. The third-order valence-electron chi connectivity index (χ3n) is 5.62. The van der Waals surface area contributed by atoms with E-state index < -0.39 is 13.3 Å². The summed E-state index contributed by atoms with van der Waals surface area (Å²) in [6.45, 7) is 7.61. The lowest BCUT2D eigenvalue weighted by Gasteiger charge is -2.18. The number of hydrogen-bond donors (Lipinski definition) is 5. The molecular formula is C22H28N3O6P. The number of benzene rings is 2. The van der Waals surface area contributed by atoms with E-state index in [4.69, 9.17) is 0 Å². The second kappa shape index (κ2) is 8.94. The van der Waals surface area contributed by atoms with Gasteiger partial charge in [0.25, 0.3) is 0 Å². The zero-order chi connectivity index (χ0) is 23.8. The molecule has 3 rings (SSSR count). The quantitative estimate of drug-likeness (QED) is 0.340. The number of rotatable bonds is 7. The van der Waals surface area contributed by atoms with Crippen LogP contribution in [0.5, 0.6) is 11.5 Å². The van der Waals surface area contributed by atoms with E-state index in [-0.39, 0.29) is 35.1 Å². The molecule has 0 atom stereocenters. The van der Waals surface area contributed by atoms with Crippen molar-refractivity contribution in [3.05, 3.63) is 57.0 Å². The van der Waals surface area contributed by atoms with Crippen LogP contribution >= 0.6 is 7.60 Å². The van der Waals surface area contributed by atoms with E-state index in [1.807, 2.05) is 27.7 Å². The van der Waals surface area contributed by atoms with Crippen LogP contribution in [0, 0.1) is 0 Å². The molecule has 1 aromatic heterocycles. The molecule has 3 aromatic rings. The molecule has 0 aliphatic carbocycles. The average Bonchev–Trinajstić information content (AvgIpc) is 3.06. The van der Waals surface area contributed by atoms with Crippen LogP contribution in [-0.2, 0) is 24.0 Å². The molecule has 172 valence electrons. The van der Waals surface area contributed by atoms with Crippen molar-refractivity contribution in [1.29, 1.82) is 0 Å². The van der Waals surface area contributed by atoms with E-state index in [0.29, 0.717) is 29.5 Å². The van der Waals surface area contributed by atoms with E-state index >= 15 is 0 Å². The molecular weight excluding hydrogens is 433 g/mol. The number of aromatic hydroxyl groups is 2. The summed E-state index contributed by atoms with van der Waals surface area (Å²) in [6, 6.07) is 5.87. The maximum Gasteiger partial charge on any atom is 0.356 e. The van der Waals surface area contributed by atoms with Gasteiger partial charge in [0, 0.05) is 6.07 Å². The Hall–Kier alpha value is -2.87. The molecule has 9 nitrogen and oxygen atoms in total. The number of nitrogens with zero attached hydrogens (tertiary/aromatic N) is 2. The second-order valence-corrected chi connectivity index (χ2v) is 9.54. The first-order valence-electron chi connectivity index (χ1n) is 10.4. The average molecular weight is 461 g/mol. The first kappa shape index (κ1) is 23.8. The van der Waals surface area contributed by atoms with Gasteiger partial charge < -0.3 is 20.0 Å². The highest BCUT2D eigenvalue weighted by Crippen LogP contribution is 2.38. The molecule has 1 heterocycles. The van der Waals surface area contributed by atoms with Crippen molar-refractivity contribution >= 4 is 12.9 Å². The van der Waals surface area contributed by atoms with E-state index in [0.717, 1.165) is 11.1 Å². The first-order valence-corrected chi connectivity index (χ1v) is 12.0. The second-order valence-electron chi connectivity index (χ2n) is 7.97. The molecule has 0 unspecified atom stereocenters. The SMILES string of the molecule is CCc1c(Cn2c(-c3cc(C(C)C)c(O)cc3O)n[nH]c2=O)ccc(P(=O)(O)O)c1CC. The van der Waals surface area contributed by atoms with Crippen LogP contribution in [0.3, 0.4) is 0 Å². The Morgan fingerprint density at radius 3 is 2.28 bits per heavy atom. The Labute approximate surface area is 185 Å². The number of nitrogens with one attached hydrogen (secondary N) is 1. The lowest BCUT2D eigenvalue weighted by atomic mass is 9.96. The van der Waals surface area contributed by atoms with Gasteiger partial charge in [0.2, 0.25) is 0 Å². The lowest BCUT2D eigenvalue weighted by Crippen LogP contribution is -2.21. The molecule has 32 heavy (non-hydrogen) atoms. The third kappa shape index (κ3) is 4.37. The number of aromatic nitrogens is 3. The van der Waals surface area contributed by atoms with Gasteiger partial charge in [-0.15, -0.1) is 0 Å². The molecule has 0 aliphatic rings. The van der Waals surface area contributed by atoms with Crippen molar-refractivity contribution in [2.75, 3.05) is 0 Å². The highest BCUT2D eigenvalue weighted by Gasteiger charge is 2.25. The summed E-state index contributed by atoms with van der Waals surface area (Å²) in [6.07, 6.45) is 0.956. The highest BCUT2D eigenvalue weighted by atomic mass is 31.2. The Morgan fingerprint density at radius 1 is 1.06 bits per heavy atom. The standard InChI is InChI=1S/C22H28N3O6P/c1-5-14-13(7-8-20(15(14)6-2)32(29,30)31)11-25-21(23-24-22(25)28)17-9-16(12(3)4)18(26)10-19(17)27/h7-10,12,26-27H,5-6,11H2,1-4H3,(H,24,28)(H2,29,30,31). The van der Waals surface area contributed by atoms with Gasteiger partial charge in [0.1, 0.15) is 11.5 Å². The number of aromatic amines is 1. The summed E-state index contributed by atoms with van der Waals surface area (Å²) in [7, 11) is -4.44. The van der Waals surface area contributed by atoms with Gasteiger partial charge >= 0.3 is 13.3 Å². The molecule has 0 bridgehead atoms. The minimum atomic E-state index is -4.44. The van der Waals surface area contributed by atoms with Crippen molar-refractivity contribution in [3.8, 4) is 22.9 Å². The molecule has 10 heteroatoms. The first-order chi connectivity index (χ1) is 15.0. The normalized spacial score (nSPS) is 12.0. The van der Waals surface area contributed by atoms with Crippen molar-refractivity contribution in [2.45, 2.75) is 53.0 Å². The number of phenols is 2. The topological polar surface area (TPSA) is 149 Å². The van der Waals surface area contributed by atoms with Crippen molar-refractivity contribution in [1.82, 2.24) is 14.8 Å². The molecule has 0 saturated heterocycles. The van der Waals surface area contributed by atoms with Gasteiger partial charge in [0.05, 0.1) is 17.4 Å². The highest BCUT2D eigenvalue weighted by molar-refractivity contribution is 7.60. The summed E-state index contributed by atoms with van der Waals surface area (Å²) in [5.74, 6) is -0.0745. The predicted molar refractivity (Wildman–Crippen MR) is 122 cm³/mol. The van der Waals surface area contributed by atoms with Gasteiger partial charge in [-0.25, -0.2) is 9.89 Å². The number of H-pyrrole nitrogens is 1. The summed E-state index contributed by atoms with van der Waals surface area (Å²) >= 11 is 0. The fourth-order valence-electron chi connectivity index (χ4n) is 4.06. The fourth-order valence-corrected chi connectivity index (χ4v) is 4.97. The Kier molecular flexibility index (Phi) is 6.64. The maximum absolute atomic E-state index is 12.6. The summed E-state index contributed by atoms with van der Waals surface area (Å²) in [4.78, 5) is 32.0. The molecule has 0 radical (unpaired) electrons. The number of phenolic OH excluding ortho intramolecular Hbond substituents is 2. The van der Waals surface area contributed by atoms with Gasteiger partial charge in [-0.3, -0.25) is 9.13 Å². The Morgan fingerprint density at radius 2 is 1.72 bits per heavy atom. The Bertz CT molecular complexity index is 1260. The molecule has 2 aromatic carbocycles. The molecule has 0 spiro atoms. The largest absolute Gasteiger partial charge is 0.508 e.